The van der Waals surface area contributed by atoms with Gasteiger partial charge in [0.25, 0.3) is 0 Å². The molecule has 1 rings (SSSR count). The topological polar surface area (TPSA) is 99.4 Å². The van der Waals surface area contributed by atoms with Gasteiger partial charge in [0.2, 0.25) is 5.91 Å². The number of carbonyl (C=O) groups excluding carboxylic acids is 1. The molecule has 1 saturated heterocycles. The molecule has 0 radical (unpaired) electrons. The van der Waals surface area contributed by atoms with Crippen LogP contribution in [0.1, 0.15) is 19.8 Å². The Bertz CT molecular complexity index is 331. The predicted molar refractivity (Wildman–Crippen MR) is 57.9 cm³/mol. The zero-order valence-electron chi connectivity index (χ0n) is 9.68. The average molecular weight is 240 g/mol. The van der Waals surface area contributed by atoms with Crippen molar-refractivity contribution < 1.29 is 19.4 Å². The lowest BCUT2D eigenvalue weighted by atomic mass is 9.98. The van der Waals surface area contributed by atoms with Gasteiger partial charge in [-0.05, 0) is 6.42 Å². The summed E-state index contributed by atoms with van der Waals surface area (Å²) in [6, 6.07) is 0.895. The van der Waals surface area contributed by atoms with Crippen LogP contribution in [0.2, 0.25) is 0 Å². The van der Waals surface area contributed by atoms with Gasteiger partial charge in [0.05, 0.1) is 18.6 Å². The van der Waals surface area contributed by atoms with Crippen LogP contribution in [0.15, 0.2) is 0 Å². The van der Waals surface area contributed by atoms with Crippen LogP contribution in [0.4, 0.5) is 0 Å². The molecule has 1 amide bonds. The number of carboxylic acid groups (broad SMARTS) is 1. The van der Waals surface area contributed by atoms with E-state index in [2.05, 4.69) is 5.32 Å². The van der Waals surface area contributed by atoms with E-state index in [0.29, 0.717) is 19.6 Å². The van der Waals surface area contributed by atoms with Crippen LogP contribution < -0.4 is 5.32 Å². The Morgan fingerprint density at radius 3 is 2.82 bits per heavy atom. The van der Waals surface area contributed by atoms with Crippen LogP contribution in [0.25, 0.3) is 0 Å². The Morgan fingerprint density at radius 2 is 2.35 bits per heavy atom. The highest BCUT2D eigenvalue weighted by Crippen LogP contribution is 2.14. The van der Waals surface area contributed by atoms with E-state index in [9.17, 15) is 9.59 Å². The highest BCUT2D eigenvalue weighted by Gasteiger charge is 2.30. The molecule has 1 aliphatic rings. The predicted octanol–water partition coefficient (Wildman–Crippen LogP) is 0.142. The van der Waals surface area contributed by atoms with Crippen LogP contribution in [-0.2, 0) is 14.3 Å². The molecule has 6 nitrogen and oxygen atoms in total. The van der Waals surface area contributed by atoms with Gasteiger partial charge in [0, 0.05) is 18.9 Å². The zero-order valence-corrected chi connectivity index (χ0v) is 9.68. The molecule has 1 heterocycles. The van der Waals surface area contributed by atoms with E-state index >= 15 is 0 Å². The number of carboxylic acids is 1. The largest absolute Gasteiger partial charge is 0.480 e. The van der Waals surface area contributed by atoms with E-state index in [1.807, 2.05) is 6.07 Å². The van der Waals surface area contributed by atoms with Crippen LogP contribution in [0.3, 0.4) is 0 Å². The normalized spacial score (nSPS) is 22.5. The highest BCUT2D eigenvalue weighted by molar-refractivity contribution is 5.85. The van der Waals surface area contributed by atoms with Crippen molar-refractivity contribution in [3.8, 4) is 6.07 Å². The second-order valence-corrected chi connectivity index (χ2v) is 4.22. The Morgan fingerprint density at radius 1 is 1.65 bits per heavy atom. The molecule has 94 valence electrons. The molecule has 0 aliphatic carbocycles. The molecule has 0 spiro atoms. The summed E-state index contributed by atoms with van der Waals surface area (Å²) in [5.41, 5.74) is 0. The summed E-state index contributed by atoms with van der Waals surface area (Å²) >= 11 is 0. The van der Waals surface area contributed by atoms with Crippen molar-refractivity contribution in [1.29, 1.82) is 5.26 Å². The number of nitrogens with zero attached hydrogens (tertiary/aromatic N) is 1. The van der Waals surface area contributed by atoms with Crippen molar-refractivity contribution in [2.24, 2.45) is 11.8 Å². The molecule has 0 saturated carbocycles. The van der Waals surface area contributed by atoms with Crippen LogP contribution >= 0.6 is 0 Å². The second kappa shape index (κ2) is 6.21. The van der Waals surface area contributed by atoms with Gasteiger partial charge >= 0.3 is 5.97 Å². The van der Waals surface area contributed by atoms with Gasteiger partial charge in [-0.2, -0.15) is 5.26 Å². The van der Waals surface area contributed by atoms with E-state index in [1.54, 1.807) is 6.92 Å². The minimum absolute atomic E-state index is 0.0956. The maximum Gasteiger partial charge on any atom is 0.326 e. The quantitative estimate of drug-likeness (QED) is 0.712. The van der Waals surface area contributed by atoms with E-state index in [0.717, 1.165) is 0 Å². The minimum Gasteiger partial charge on any atom is -0.480 e. The number of aliphatic carboxylic acids is 1. The summed E-state index contributed by atoms with van der Waals surface area (Å²) in [5, 5.41) is 20.0. The highest BCUT2D eigenvalue weighted by atomic mass is 16.5. The van der Waals surface area contributed by atoms with E-state index < -0.39 is 17.9 Å². The maximum absolute atomic E-state index is 11.7. The van der Waals surface area contributed by atoms with Gasteiger partial charge in [-0.25, -0.2) is 4.79 Å². The Hall–Kier alpha value is -1.61. The number of rotatable bonds is 5. The average Bonchev–Trinajstić information content (AvgIpc) is 2.78. The number of hydrogen-bond donors (Lipinski definition) is 2. The summed E-state index contributed by atoms with van der Waals surface area (Å²) in [6.07, 6.45) is 0.712. The second-order valence-electron chi connectivity index (χ2n) is 4.22. The third kappa shape index (κ3) is 3.71. The number of nitriles is 1. The number of nitrogens with one attached hydrogen (secondary N) is 1. The lowest BCUT2D eigenvalue weighted by Crippen LogP contribution is -2.47. The molecule has 2 N–H and O–H groups in total. The van der Waals surface area contributed by atoms with Crippen molar-refractivity contribution in [2.45, 2.75) is 25.8 Å². The number of amides is 1. The van der Waals surface area contributed by atoms with Crippen molar-refractivity contribution in [3.63, 3.8) is 0 Å². The number of carbonyl (C=O) groups is 2. The zero-order chi connectivity index (χ0) is 12.8. The Kier molecular flexibility index (Phi) is 4.91. The fraction of sp³-hybridized carbons (Fsp3) is 0.727. The summed E-state index contributed by atoms with van der Waals surface area (Å²) in [5.74, 6) is -2.10. The first-order chi connectivity index (χ1) is 8.06. The molecule has 0 aromatic heterocycles. The summed E-state index contributed by atoms with van der Waals surface area (Å²) in [6.45, 7) is 2.50. The van der Waals surface area contributed by atoms with Crippen molar-refractivity contribution >= 4 is 11.9 Å². The third-order valence-corrected chi connectivity index (χ3v) is 2.85. The van der Waals surface area contributed by atoms with Gasteiger partial charge in [0.15, 0.2) is 0 Å². The monoisotopic (exact) mass is 240 g/mol. The first kappa shape index (κ1) is 13.5. The number of hydrogen-bond acceptors (Lipinski definition) is 4. The van der Waals surface area contributed by atoms with Gasteiger partial charge in [-0.3, -0.25) is 4.79 Å². The minimum atomic E-state index is -1.11. The summed E-state index contributed by atoms with van der Waals surface area (Å²) < 4.78 is 5.07. The first-order valence-electron chi connectivity index (χ1n) is 5.54. The van der Waals surface area contributed by atoms with Crippen molar-refractivity contribution in [3.05, 3.63) is 0 Å². The molecule has 1 fully saturated rings. The molecule has 3 atom stereocenters. The van der Waals surface area contributed by atoms with Gasteiger partial charge in [0.1, 0.15) is 6.04 Å². The molecule has 0 unspecified atom stereocenters. The molecule has 1 aliphatic heterocycles. The maximum atomic E-state index is 11.7. The lowest BCUT2D eigenvalue weighted by Gasteiger charge is -2.20. The first-order valence-corrected chi connectivity index (χ1v) is 5.54. The van der Waals surface area contributed by atoms with E-state index in [1.165, 1.54) is 0 Å². The molecule has 0 bridgehead atoms. The molecule has 0 aromatic rings. The molecule has 17 heavy (non-hydrogen) atoms. The van der Waals surface area contributed by atoms with Crippen molar-refractivity contribution in [2.75, 3.05) is 13.2 Å². The van der Waals surface area contributed by atoms with E-state index in [4.69, 9.17) is 15.1 Å². The SMILES string of the molecule is C[C@H](CC#N)[C@H](NC(=O)[C@@H]1CCOC1)C(=O)O. The van der Waals surface area contributed by atoms with Gasteiger partial charge < -0.3 is 15.2 Å². The molecular weight excluding hydrogens is 224 g/mol. The number of ether oxygens (including phenoxy) is 1. The van der Waals surface area contributed by atoms with Crippen LogP contribution in [0.5, 0.6) is 0 Å². The molecular formula is C11H16N2O4. The Labute approximate surface area is 99.6 Å². The molecule has 0 aromatic carbocycles. The standard InChI is InChI=1S/C11H16N2O4/c1-7(2-4-12)9(11(15)16)13-10(14)8-3-5-17-6-8/h7-9H,2-3,5-6H2,1H3,(H,13,14)(H,15,16)/t7-,8-,9+/m1/s1. The van der Waals surface area contributed by atoms with E-state index in [-0.39, 0.29) is 18.2 Å². The smallest absolute Gasteiger partial charge is 0.326 e. The van der Waals surface area contributed by atoms with Crippen LogP contribution in [0, 0.1) is 23.2 Å². The van der Waals surface area contributed by atoms with Crippen molar-refractivity contribution in [1.82, 2.24) is 5.32 Å². The van der Waals surface area contributed by atoms with Gasteiger partial charge in [-0.15, -0.1) is 0 Å². The lowest BCUT2D eigenvalue weighted by molar-refractivity contribution is -0.143. The van der Waals surface area contributed by atoms with Crippen LogP contribution in [-0.4, -0.2) is 36.2 Å². The third-order valence-electron chi connectivity index (χ3n) is 2.85. The fourth-order valence-electron chi connectivity index (χ4n) is 1.72. The fourth-order valence-corrected chi connectivity index (χ4v) is 1.72. The van der Waals surface area contributed by atoms with Gasteiger partial charge in [-0.1, -0.05) is 6.92 Å². The summed E-state index contributed by atoms with van der Waals surface area (Å²) in [4.78, 5) is 22.7. The Balaban J connectivity index is 2.57. The molecule has 6 heteroatoms. The summed E-state index contributed by atoms with van der Waals surface area (Å²) in [7, 11) is 0.